The number of ether oxygens (including phenoxy) is 1. The van der Waals surface area contributed by atoms with Gasteiger partial charge < -0.3 is 14.6 Å². The molecule has 5 heteroatoms. The number of benzene rings is 1. The number of nitrogens with zero attached hydrogens (tertiary/aromatic N) is 2. The van der Waals surface area contributed by atoms with Gasteiger partial charge in [0.05, 0.1) is 6.61 Å². The van der Waals surface area contributed by atoms with Crippen molar-refractivity contribution in [2.45, 2.75) is 26.3 Å². The summed E-state index contributed by atoms with van der Waals surface area (Å²) in [6.07, 6.45) is 0.971. The number of aryl methyl sites for hydroxylation is 1. The van der Waals surface area contributed by atoms with Crippen LogP contribution in [0.1, 0.15) is 30.2 Å². The van der Waals surface area contributed by atoms with E-state index in [1.54, 1.807) is 0 Å². The maximum atomic E-state index is 5.48. The third-order valence-corrected chi connectivity index (χ3v) is 2.99. The van der Waals surface area contributed by atoms with Crippen LogP contribution in [0.5, 0.6) is 5.75 Å². The number of aromatic nitrogens is 2. The third-order valence-electron chi connectivity index (χ3n) is 2.99. The van der Waals surface area contributed by atoms with Gasteiger partial charge in [-0.1, -0.05) is 5.16 Å². The Hall–Kier alpha value is -2.04. The van der Waals surface area contributed by atoms with Gasteiger partial charge in [0.25, 0.3) is 0 Å². The van der Waals surface area contributed by atoms with Crippen molar-refractivity contribution in [1.82, 2.24) is 10.1 Å². The summed E-state index contributed by atoms with van der Waals surface area (Å²) in [4.78, 5) is 4.21. The molecule has 1 N–H and O–H groups in total. The fraction of sp³-hybridized carbons (Fsp3) is 0.385. The van der Waals surface area contributed by atoms with E-state index in [2.05, 4.69) is 21.5 Å². The number of hydrogen-bond acceptors (Lipinski definition) is 5. The molecule has 0 bridgehead atoms. The van der Waals surface area contributed by atoms with E-state index in [1.165, 1.54) is 5.56 Å². The summed E-state index contributed by atoms with van der Waals surface area (Å²) in [6.45, 7) is 4.58. The molecule has 0 saturated heterocycles. The van der Waals surface area contributed by atoms with Gasteiger partial charge in [-0.25, -0.2) is 0 Å². The predicted octanol–water partition coefficient (Wildman–Crippen LogP) is 2.49. The molecule has 0 amide bonds. The highest BCUT2D eigenvalue weighted by Gasteiger charge is 2.15. The minimum atomic E-state index is -0.00780. The fourth-order valence-corrected chi connectivity index (χ4v) is 2.08. The Morgan fingerprint density at radius 1 is 1.39 bits per heavy atom. The maximum Gasteiger partial charge on any atom is 0.248 e. The quantitative estimate of drug-likeness (QED) is 0.900. The van der Waals surface area contributed by atoms with Gasteiger partial charge in [0.15, 0.2) is 5.82 Å². The molecule has 1 aliphatic heterocycles. The van der Waals surface area contributed by atoms with Gasteiger partial charge in [0.1, 0.15) is 11.8 Å². The van der Waals surface area contributed by atoms with Crippen molar-refractivity contribution < 1.29 is 9.26 Å². The lowest BCUT2D eigenvalue weighted by molar-refractivity contribution is 0.357. The molecule has 2 aromatic rings. The van der Waals surface area contributed by atoms with Crippen molar-refractivity contribution in [1.29, 1.82) is 0 Å². The summed E-state index contributed by atoms with van der Waals surface area (Å²) in [5, 5.41) is 7.14. The third kappa shape index (κ3) is 2.03. The normalized spacial score (nSPS) is 15.0. The Bertz CT molecular complexity index is 565. The van der Waals surface area contributed by atoms with Crippen LogP contribution in [0.3, 0.4) is 0 Å². The van der Waals surface area contributed by atoms with Crippen LogP contribution in [0.4, 0.5) is 5.69 Å². The summed E-state index contributed by atoms with van der Waals surface area (Å²) >= 11 is 0. The Morgan fingerprint density at radius 2 is 2.28 bits per heavy atom. The van der Waals surface area contributed by atoms with Gasteiger partial charge in [-0.05, 0) is 37.6 Å². The molecular weight excluding hydrogens is 230 g/mol. The second kappa shape index (κ2) is 4.33. The first-order valence-corrected chi connectivity index (χ1v) is 6.05. The monoisotopic (exact) mass is 245 g/mol. The zero-order valence-electron chi connectivity index (χ0n) is 10.4. The van der Waals surface area contributed by atoms with Gasteiger partial charge >= 0.3 is 0 Å². The largest absolute Gasteiger partial charge is 0.493 e. The highest BCUT2D eigenvalue weighted by atomic mass is 16.5. The molecule has 1 aliphatic rings. The molecule has 3 rings (SSSR count). The molecular formula is C13H15N3O2. The highest BCUT2D eigenvalue weighted by Crippen LogP contribution is 2.29. The molecule has 0 aliphatic carbocycles. The first-order chi connectivity index (χ1) is 8.72. The zero-order valence-corrected chi connectivity index (χ0v) is 10.4. The average molecular weight is 245 g/mol. The first-order valence-electron chi connectivity index (χ1n) is 6.05. The number of rotatable bonds is 3. The molecule has 5 nitrogen and oxygen atoms in total. The van der Waals surface area contributed by atoms with E-state index < -0.39 is 0 Å². The second-order valence-corrected chi connectivity index (χ2v) is 4.47. The minimum absolute atomic E-state index is 0.00780. The summed E-state index contributed by atoms with van der Waals surface area (Å²) in [6, 6.07) is 6.11. The molecule has 0 fully saturated rings. The molecule has 1 unspecified atom stereocenters. The molecule has 1 atom stereocenters. The lowest BCUT2D eigenvalue weighted by Crippen LogP contribution is -2.07. The first kappa shape index (κ1) is 11.1. The zero-order chi connectivity index (χ0) is 12.5. The van der Waals surface area contributed by atoms with Gasteiger partial charge in [-0.2, -0.15) is 4.98 Å². The van der Waals surface area contributed by atoms with Crippen molar-refractivity contribution in [3.63, 3.8) is 0 Å². The summed E-state index contributed by atoms with van der Waals surface area (Å²) < 4.78 is 10.6. The Kier molecular flexibility index (Phi) is 2.66. The van der Waals surface area contributed by atoms with E-state index in [0.29, 0.717) is 11.7 Å². The maximum absolute atomic E-state index is 5.48. The van der Waals surface area contributed by atoms with Crippen LogP contribution in [0.15, 0.2) is 22.7 Å². The highest BCUT2D eigenvalue weighted by molar-refractivity contribution is 5.53. The molecule has 1 aromatic heterocycles. The van der Waals surface area contributed by atoms with Crippen molar-refractivity contribution in [2.24, 2.45) is 0 Å². The fourth-order valence-electron chi connectivity index (χ4n) is 2.08. The number of nitrogens with one attached hydrogen (secondary N) is 1. The number of fused-ring (bicyclic) bond motifs is 1. The van der Waals surface area contributed by atoms with Crippen molar-refractivity contribution >= 4 is 5.69 Å². The summed E-state index contributed by atoms with van der Waals surface area (Å²) in [5.41, 5.74) is 2.29. The predicted molar refractivity (Wildman–Crippen MR) is 66.7 cm³/mol. The molecule has 2 heterocycles. The molecule has 94 valence electrons. The van der Waals surface area contributed by atoms with Gasteiger partial charge in [-0.15, -0.1) is 0 Å². The van der Waals surface area contributed by atoms with Crippen LogP contribution in [0, 0.1) is 6.92 Å². The number of anilines is 1. The van der Waals surface area contributed by atoms with Gasteiger partial charge in [-0.3, -0.25) is 0 Å². The lowest BCUT2D eigenvalue weighted by Gasteiger charge is -2.12. The van der Waals surface area contributed by atoms with E-state index in [4.69, 9.17) is 9.26 Å². The van der Waals surface area contributed by atoms with Crippen molar-refractivity contribution in [2.75, 3.05) is 11.9 Å². The van der Waals surface area contributed by atoms with Crippen LogP contribution in [0.25, 0.3) is 0 Å². The molecule has 0 saturated carbocycles. The summed E-state index contributed by atoms with van der Waals surface area (Å²) in [5.74, 6) is 2.24. The molecule has 18 heavy (non-hydrogen) atoms. The Balaban J connectivity index is 1.76. The molecule has 1 aromatic carbocycles. The van der Waals surface area contributed by atoms with E-state index in [9.17, 15) is 0 Å². The van der Waals surface area contributed by atoms with Crippen LogP contribution >= 0.6 is 0 Å². The van der Waals surface area contributed by atoms with E-state index in [-0.39, 0.29) is 6.04 Å². The molecule has 0 spiro atoms. The van der Waals surface area contributed by atoms with E-state index in [0.717, 1.165) is 24.5 Å². The van der Waals surface area contributed by atoms with Crippen LogP contribution in [-0.2, 0) is 6.42 Å². The van der Waals surface area contributed by atoms with Crippen molar-refractivity contribution in [3.8, 4) is 5.75 Å². The average Bonchev–Trinajstić information content (AvgIpc) is 2.96. The van der Waals surface area contributed by atoms with Gasteiger partial charge in [0, 0.05) is 12.1 Å². The topological polar surface area (TPSA) is 60.2 Å². The SMILES string of the molecule is Cc1noc(C(C)Nc2ccc3c(c2)CCO3)n1. The minimum Gasteiger partial charge on any atom is -0.493 e. The van der Waals surface area contributed by atoms with Gasteiger partial charge in [0.2, 0.25) is 5.89 Å². The Labute approximate surface area is 105 Å². The van der Waals surface area contributed by atoms with E-state index >= 15 is 0 Å². The smallest absolute Gasteiger partial charge is 0.248 e. The Morgan fingerprint density at radius 3 is 3.06 bits per heavy atom. The lowest BCUT2D eigenvalue weighted by atomic mass is 10.1. The van der Waals surface area contributed by atoms with Crippen LogP contribution in [-0.4, -0.2) is 16.7 Å². The van der Waals surface area contributed by atoms with Crippen molar-refractivity contribution in [3.05, 3.63) is 35.5 Å². The van der Waals surface area contributed by atoms with Crippen LogP contribution in [0.2, 0.25) is 0 Å². The summed E-state index contributed by atoms with van der Waals surface area (Å²) in [7, 11) is 0. The standard InChI is InChI=1S/C13H15N3O2/c1-8(13-15-9(2)16-18-13)14-11-3-4-12-10(7-11)5-6-17-12/h3-4,7-8,14H,5-6H2,1-2H3. The van der Waals surface area contributed by atoms with Crippen LogP contribution < -0.4 is 10.1 Å². The second-order valence-electron chi connectivity index (χ2n) is 4.47. The van der Waals surface area contributed by atoms with E-state index in [1.807, 2.05) is 26.0 Å². The number of hydrogen-bond donors (Lipinski definition) is 1. The molecule has 0 radical (unpaired) electrons.